The van der Waals surface area contributed by atoms with Crippen molar-refractivity contribution in [3.63, 3.8) is 0 Å². The van der Waals surface area contributed by atoms with Gasteiger partial charge in [0.25, 0.3) is 0 Å². The number of hydrogen-bond donors (Lipinski definition) is 1. The Balaban J connectivity index is 2.36. The lowest BCUT2D eigenvalue weighted by Crippen LogP contribution is -2.17. The number of aromatic carboxylic acids is 1. The predicted octanol–water partition coefficient (Wildman–Crippen LogP) is 4.00. The molecule has 8 heteroatoms. The van der Waals surface area contributed by atoms with Gasteiger partial charge in [0.2, 0.25) is 0 Å². The van der Waals surface area contributed by atoms with Gasteiger partial charge >= 0.3 is 12.3 Å². The molecule has 1 aromatic carbocycles. The van der Waals surface area contributed by atoms with Gasteiger partial charge in [0.15, 0.2) is 5.69 Å². The molecule has 2 rings (SSSR count). The van der Waals surface area contributed by atoms with Crippen LogP contribution in [0.15, 0.2) is 36.5 Å². The van der Waals surface area contributed by atoms with Gasteiger partial charge in [-0.1, -0.05) is 23.7 Å². The minimum absolute atomic E-state index is 0.109. The Kier molecular flexibility index (Phi) is 4.04. The summed E-state index contributed by atoms with van der Waals surface area (Å²) in [7, 11) is 0. The molecule has 0 bridgehead atoms. The fraction of sp³-hybridized carbons (Fsp3) is 0.0769. The number of halogens is 4. The Morgan fingerprint density at radius 3 is 2.52 bits per heavy atom. The lowest BCUT2D eigenvalue weighted by atomic mass is 10.1. The standard InChI is InChI=1S/C13H7ClF3NO3/c14-10-5-8(6-18-11(10)12(19)20)7-2-1-3-9(4-7)21-13(15,16)17/h1-6H,(H,19,20). The molecule has 0 radical (unpaired) electrons. The van der Waals surface area contributed by atoms with E-state index in [1.165, 1.54) is 24.4 Å². The van der Waals surface area contributed by atoms with E-state index in [9.17, 15) is 18.0 Å². The lowest BCUT2D eigenvalue weighted by molar-refractivity contribution is -0.274. The highest BCUT2D eigenvalue weighted by molar-refractivity contribution is 6.33. The van der Waals surface area contributed by atoms with Gasteiger partial charge in [-0.05, 0) is 23.8 Å². The van der Waals surface area contributed by atoms with Gasteiger partial charge in [-0.2, -0.15) is 0 Å². The van der Waals surface area contributed by atoms with E-state index < -0.39 is 18.1 Å². The van der Waals surface area contributed by atoms with E-state index in [-0.39, 0.29) is 10.7 Å². The minimum atomic E-state index is -4.79. The van der Waals surface area contributed by atoms with E-state index in [0.29, 0.717) is 11.1 Å². The summed E-state index contributed by atoms with van der Waals surface area (Å²) in [6.45, 7) is 0. The first-order chi connectivity index (χ1) is 9.76. The molecular formula is C13H7ClF3NO3. The molecule has 2 aromatic rings. The van der Waals surface area contributed by atoms with E-state index in [0.717, 1.165) is 12.1 Å². The molecule has 0 saturated heterocycles. The number of alkyl halides is 3. The quantitative estimate of drug-likeness (QED) is 0.929. The number of benzene rings is 1. The largest absolute Gasteiger partial charge is 0.573 e. The highest BCUT2D eigenvalue weighted by atomic mass is 35.5. The number of hydrogen-bond acceptors (Lipinski definition) is 3. The summed E-state index contributed by atoms with van der Waals surface area (Å²) < 4.78 is 40.3. The highest BCUT2D eigenvalue weighted by Gasteiger charge is 2.31. The molecule has 0 saturated carbocycles. The molecule has 21 heavy (non-hydrogen) atoms. The summed E-state index contributed by atoms with van der Waals surface area (Å²) in [5, 5.41) is 8.70. The zero-order chi connectivity index (χ0) is 15.6. The Hall–Kier alpha value is -2.28. The third-order valence-corrected chi connectivity index (χ3v) is 2.73. The Labute approximate surface area is 121 Å². The van der Waals surface area contributed by atoms with Crippen molar-refractivity contribution < 1.29 is 27.8 Å². The molecular weight excluding hydrogens is 311 g/mol. The van der Waals surface area contributed by atoms with Gasteiger partial charge in [-0.15, -0.1) is 13.2 Å². The molecule has 0 spiro atoms. The van der Waals surface area contributed by atoms with Crippen molar-refractivity contribution in [2.24, 2.45) is 0 Å². The number of carbonyl (C=O) groups is 1. The Morgan fingerprint density at radius 1 is 1.24 bits per heavy atom. The van der Waals surface area contributed by atoms with E-state index >= 15 is 0 Å². The molecule has 0 fully saturated rings. The summed E-state index contributed by atoms with van der Waals surface area (Å²) in [6.07, 6.45) is -3.58. The van der Waals surface area contributed by atoms with Crippen molar-refractivity contribution in [3.8, 4) is 16.9 Å². The molecule has 0 aliphatic heterocycles. The summed E-state index contributed by atoms with van der Waals surface area (Å²) in [5.41, 5.74) is 0.406. The average molecular weight is 318 g/mol. The van der Waals surface area contributed by atoms with Crippen LogP contribution in [0.5, 0.6) is 5.75 Å². The van der Waals surface area contributed by atoms with Crippen LogP contribution in [0, 0.1) is 0 Å². The summed E-state index contributed by atoms with van der Waals surface area (Å²) in [5.74, 6) is -1.68. The zero-order valence-corrected chi connectivity index (χ0v) is 10.9. The maximum absolute atomic E-state index is 12.2. The van der Waals surface area contributed by atoms with Crippen LogP contribution in [0.4, 0.5) is 13.2 Å². The van der Waals surface area contributed by atoms with Gasteiger partial charge in [-0.25, -0.2) is 9.78 Å². The fourth-order valence-electron chi connectivity index (χ4n) is 1.63. The van der Waals surface area contributed by atoms with Gasteiger partial charge in [-0.3, -0.25) is 0 Å². The van der Waals surface area contributed by atoms with E-state index in [2.05, 4.69) is 9.72 Å². The smallest absolute Gasteiger partial charge is 0.476 e. The van der Waals surface area contributed by atoms with Crippen molar-refractivity contribution in [1.82, 2.24) is 4.98 Å². The lowest BCUT2D eigenvalue weighted by Gasteiger charge is -2.10. The number of aromatic nitrogens is 1. The van der Waals surface area contributed by atoms with Crippen LogP contribution < -0.4 is 4.74 Å². The zero-order valence-electron chi connectivity index (χ0n) is 10.2. The van der Waals surface area contributed by atoms with Crippen molar-refractivity contribution in [3.05, 3.63) is 47.2 Å². The van der Waals surface area contributed by atoms with Crippen LogP contribution in [-0.2, 0) is 0 Å². The maximum atomic E-state index is 12.2. The number of ether oxygens (including phenoxy) is 1. The summed E-state index contributed by atoms with van der Waals surface area (Å²) >= 11 is 5.77. The molecule has 0 aliphatic rings. The second-order valence-electron chi connectivity index (χ2n) is 3.94. The number of carboxylic acids is 1. The van der Waals surface area contributed by atoms with Gasteiger partial charge in [0, 0.05) is 11.8 Å². The first-order valence-corrected chi connectivity index (χ1v) is 5.89. The van der Waals surface area contributed by atoms with Crippen molar-refractivity contribution in [2.45, 2.75) is 6.36 Å². The van der Waals surface area contributed by atoms with Crippen molar-refractivity contribution >= 4 is 17.6 Å². The molecule has 110 valence electrons. The Bertz CT molecular complexity index is 689. The SMILES string of the molecule is O=C(O)c1ncc(-c2cccc(OC(F)(F)F)c2)cc1Cl. The second-order valence-corrected chi connectivity index (χ2v) is 4.34. The van der Waals surface area contributed by atoms with Crippen LogP contribution in [-0.4, -0.2) is 22.4 Å². The third-order valence-electron chi connectivity index (χ3n) is 2.44. The molecule has 0 aliphatic carbocycles. The van der Waals surface area contributed by atoms with E-state index in [4.69, 9.17) is 16.7 Å². The maximum Gasteiger partial charge on any atom is 0.573 e. The van der Waals surface area contributed by atoms with Crippen LogP contribution in [0.3, 0.4) is 0 Å². The van der Waals surface area contributed by atoms with Crippen LogP contribution in [0.2, 0.25) is 5.02 Å². The van der Waals surface area contributed by atoms with Gasteiger partial charge < -0.3 is 9.84 Å². The van der Waals surface area contributed by atoms with Gasteiger partial charge in [0.05, 0.1) is 5.02 Å². The monoisotopic (exact) mass is 317 g/mol. The highest BCUT2D eigenvalue weighted by Crippen LogP contribution is 2.29. The molecule has 0 amide bonds. The summed E-state index contributed by atoms with van der Waals surface area (Å²) in [4.78, 5) is 14.5. The number of pyridine rings is 1. The topological polar surface area (TPSA) is 59.4 Å². The first kappa shape index (κ1) is 15.1. The molecule has 0 atom stereocenters. The van der Waals surface area contributed by atoms with Crippen LogP contribution in [0.25, 0.3) is 11.1 Å². The minimum Gasteiger partial charge on any atom is -0.476 e. The number of carboxylic acid groups (broad SMARTS) is 1. The second kappa shape index (κ2) is 5.61. The van der Waals surface area contributed by atoms with Crippen molar-refractivity contribution in [2.75, 3.05) is 0 Å². The van der Waals surface area contributed by atoms with Gasteiger partial charge in [0.1, 0.15) is 5.75 Å². The third kappa shape index (κ3) is 3.85. The first-order valence-electron chi connectivity index (χ1n) is 5.51. The molecule has 4 nitrogen and oxygen atoms in total. The molecule has 1 N–H and O–H groups in total. The average Bonchev–Trinajstić information content (AvgIpc) is 2.36. The fourth-order valence-corrected chi connectivity index (χ4v) is 1.87. The summed E-state index contributed by atoms with van der Waals surface area (Å²) in [6, 6.07) is 6.51. The number of nitrogens with zero attached hydrogens (tertiary/aromatic N) is 1. The van der Waals surface area contributed by atoms with E-state index in [1.807, 2.05) is 0 Å². The molecule has 0 unspecified atom stereocenters. The van der Waals surface area contributed by atoms with Crippen molar-refractivity contribution in [1.29, 1.82) is 0 Å². The predicted molar refractivity (Wildman–Crippen MR) is 68.3 cm³/mol. The molecule has 1 heterocycles. The van der Waals surface area contributed by atoms with Crippen LogP contribution in [0.1, 0.15) is 10.5 Å². The van der Waals surface area contributed by atoms with E-state index in [1.54, 1.807) is 0 Å². The Morgan fingerprint density at radius 2 is 1.95 bits per heavy atom. The van der Waals surface area contributed by atoms with Crippen LogP contribution >= 0.6 is 11.6 Å². The normalized spacial score (nSPS) is 11.2. The number of rotatable bonds is 3. The molecule has 1 aromatic heterocycles.